The van der Waals surface area contributed by atoms with Gasteiger partial charge in [0.05, 0.1) is 6.10 Å². The molecule has 4 nitrogen and oxygen atoms in total. The van der Waals surface area contributed by atoms with Gasteiger partial charge >= 0.3 is 6.03 Å². The van der Waals surface area contributed by atoms with Crippen molar-refractivity contribution in [1.82, 2.24) is 10.6 Å². The van der Waals surface area contributed by atoms with Crippen molar-refractivity contribution in [2.75, 3.05) is 19.7 Å². The zero-order chi connectivity index (χ0) is 12.5. The molecule has 17 heavy (non-hydrogen) atoms. The Morgan fingerprint density at radius 3 is 2.88 bits per heavy atom. The number of hydrogen-bond donors (Lipinski definition) is 2. The first-order valence-corrected chi connectivity index (χ1v) is 6.85. The van der Waals surface area contributed by atoms with Crippen LogP contribution < -0.4 is 10.6 Å². The molecule has 0 bridgehead atoms. The van der Waals surface area contributed by atoms with E-state index >= 15 is 0 Å². The number of unbranched alkanes of at least 4 members (excludes halogenated alkanes) is 2. The molecule has 100 valence electrons. The second kappa shape index (κ2) is 8.34. The molecular formula is C13H26N2O2. The van der Waals surface area contributed by atoms with Crippen molar-refractivity contribution in [2.24, 2.45) is 5.92 Å². The molecule has 0 aliphatic carbocycles. The molecule has 0 saturated carbocycles. The summed E-state index contributed by atoms with van der Waals surface area (Å²) in [6.45, 7) is 6.63. The van der Waals surface area contributed by atoms with Crippen LogP contribution in [0.15, 0.2) is 0 Å². The Morgan fingerprint density at radius 2 is 2.18 bits per heavy atom. The first kappa shape index (κ1) is 14.3. The molecule has 1 fully saturated rings. The Labute approximate surface area is 104 Å². The minimum atomic E-state index is -0.0275. The third kappa shape index (κ3) is 6.51. The maximum absolute atomic E-state index is 11.5. The highest BCUT2D eigenvalue weighted by molar-refractivity contribution is 5.73. The van der Waals surface area contributed by atoms with E-state index in [0.717, 1.165) is 39.0 Å². The van der Waals surface area contributed by atoms with Gasteiger partial charge in [-0.2, -0.15) is 0 Å². The molecule has 1 aliphatic heterocycles. The fraction of sp³-hybridized carbons (Fsp3) is 0.923. The highest BCUT2D eigenvalue weighted by Crippen LogP contribution is 2.18. The summed E-state index contributed by atoms with van der Waals surface area (Å²) in [6, 6.07) is -0.0275. The summed E-state index contributed by atoms with van der Waals surface area (Å²) in [5.41, 5.74) is 0. The molecule has 2 atom stereocenters. The van der Waals surface area contributed by atoms with Crippen LogP contribution in [0.3, 0.4) is 0 Å². The number of nitrogens with one attached hydrogen (secondary N) is 2. The molecule has 1 heterocycles. The molecule has 1 rings (SSSR count). The summed E-state index contributed by atoms with van der Waals surface area (Å²) in [6.07, 6.45) is 5.87. The van der Waals surface area contributed by atoms with E-state index in [9.17, 15) is 4.79 Å². The lowest BCUT2D eigenvalue weighted by Crippen LogP contribution is -2.40. The van der Waals surface area contributed by atoms with Gasteiger partial charge in [-0.1, -0.05) is 19.8 Å². The number of urea groups is 1. The highest BCUT2D eigenvalue weighted by atomic mass is 16.5. The number of carbonyl (C=O) groups is 1. The smallest absolute Gasteiger partial charge is 0.314 e. The highest BCUT2D eigenvalue weighted by Gasteiger charge is 2.19. The number of rotatable bonds is 6. The van der Waals surface area contributed by atoms with Gasteiger partial charge in [0.2, 0.25) is 0 Å². The monoisotopic (exact) mass is 242 g/mol. The second-order valence-corrected chi connectivity index (χ2v) is 4.92. The Bertz CT molecular complexity index is 221. The van der Waals surface area contributed by atoms with Gasteiger partial charge in [-0.25, -0.2) is 4.79 Å². The summed E-state index contributed by atoms with van der Waals surface area (Å²) >= 11 is 0. The quantitative estimate of drug-likeness (QED) is 0.702. The van der Waals surface area contributed by atoms with Crippen LogP contribution in [-0.4, -0.2) is 31.8 Å². The molecule has 0 aromatic carbocycles. The number of carbonyl (C=O) groups excluding carboxylic acids is 1. The Kier molecular flexibility index (Phi) is 7.01. The van der Waals surface area contributed by atoms with E-state index in [1.165, 1.54) is 12.8 Å². The Morgan fingerprint density at radius 1 is 1.35 bits per heavy atom. The normalized spacial score (nSPS) is 24.4. The SMILES string of the molecule is CCCCCNC(=O)NC[C@@H]1CCO[C@H](C)C1. The van der Waals surface area contributed by atoms with Gasteiger partial charge < -0.3 is 15.4 Å². The topological polar surface area (TPSA) is 50.4 Å². The largest absolute Gasteiger partial charge is 0.378 e. The second-order valence-electron chi connectivity index (χ2n) is 4.92. The molecule has 2 N–H and O–H groups in total. The van der Waals surface area contributed by atoms with E-state index in [1.807, 2.05) is 0 Å². The van der Waals surface area contributed by atoms with E-state index in [1.54, 1.807) is 0 Å². The maximum Gasteiger partial charge on any atom is 0.314 e. The van der Waals surface area contributed by atoms with E-state index < -0.39 is 0 Å². The average Bonchev–Trinajstić information content (AvgIpc) is 2.32. The van der Waals surface area contributed by atoms with E-state index in [-0.39, 0.29) is 6.03 Å². The third-order valence-corrected chi connectivity index (χ3v) is 3.21. The van der Waals surface area contributed by atoms with E-state index in [2.05, 4.69) is 24.5 Å². The van der Waals surface area contributed by atoms with Crippen molar-refractivity contribution in [1.29, 1.82) is 0 Å². The fourth-order valence-electron chi connectivity index (χ4n) is 2.15. The maximum atomic E-state index is 11.5. The van der Waals surface area contributed by atoms with Crippen LogP contribution in [0.25, 0.3) is 0 Å². The van der Waals surface area contributed by atoms with Crippen LogP contribution in [0.4, 0.5) is 4.79 Å². The first-order valence-electron chi connectivity index (χ1n) is 6.85. The summed E-state index contributed by atoms with van der Waals surface area (Å²) in [5, 5.41) is 5.83. The molecule has 0 aromatic heterocycles. The van der Waals surface area contributed by atoms with E-state index in [0.29, 0.717) is 12.0 Å². The van der Waals surface area contributed by atoms with Crippen molar-refractivity contribution in [3.63, 3.8) is 0 Å². The molecule has 2 amide bonds. The zero-order valence-electron chi connectivity index (χ0n) is 11.1. The lowest BCUT2D eigenvalue weighted by atomic mass is 9.96. The zero-order valence-corrected chi connectivity index (χ0v) is 11.1. The summed E-state index contributed by atoms with van der Waals surface area (Å²) in [4.78, 5) is 11.5. The summed E-state index contributed by atoms with van der Waals surface area (Å²) < 4.78 is 5.48. The number of ether oxygens (including phenoxy) is 1. The fourth-order valence-corrected chi connectivity index (χ4v) is 2.15. The van der Waals surface area contributed by atoms with Crippen LogP contribution in [0.2, 0.25) is 0 Å². The molecule has 1 aliphatic rings. The van der Waals surface area contributed by atoms with Crippen LogP contribution in [0.1, 0.15) is 46.0 Å². The Balaban J connectivity index is 2.02. The predicted octanol–water partition coefficient (Wildman–Crippen LogP) is 2.29. The van der Waals surface area contributed by atoms with Crippen molar-refractivity contribution in [3.8, 4) is 0 Å². The molecule has 0 spiro atoms. The molecule has 0 aromatic rings. The van der Waals surface area contributed by atoms with Crippen molar-refractivity contribution < 1.29 is 9.53 Å². The van der Waals surface area contributed by atoms with Crippen LogP contribution in [0.5, 0.6) is 0 Å². The summed E-state index contributed by atoms with van der Waals surface area (Å²) in [5.74, 6) is 0.570. The van der Waals surface area contributed by atoms with E-state index in [4.69, 9.17) is 4.74 Å². The molecule has 0 radical (unpaired) electrons. The van der Waals surface area contributed by atoms with Gasteiger partial charge in [-0.3, -0.25) is 0 Å². The minimum Gasteiger partial charge on any atom is -0.378 e. The summed E-state index contributed by atoms with van der Waals surface area (Å²) in [7, 11) is 0. The first-order chi connectivity index (χ1) is 8.22. The average molecular weight is 242 g/mol. The Hall–Kier alpha value is -0.770. The minimum absolute atomic E-state index is 0.0275. The predicted molar refractivity (Wildman–Crippen MR) is 69.1 cm³/mol. The molecular weight excluding hydrogens is 216 g/mol. The van der Waals surface area contributed by atoms with Crippen molar-refractivity contribution >= 4 is 6.03 Å². The third-order valence-electron chi connectivity index (χ3n) is 3.21. The van der Waals surface area contributed by atoms with Crippen LogP contribution in [0, 0.1) is 5.92 Å². The lowest BCUT2D eigenvalue weighted by molar-refractivity contribution is 0.00346. The molecule has 0 unspecified atom stereocenters. The van der Waals surface area contributed by atoms with Crippen LogP contribution >= 0.6 is 0 Å². The molecule has 1 saturated heterocycles. The lowest BCUT2D eigenvalue weighted by Gasteiger charge is -2.27. The van der Waals surface area contributed by atoms with Gasteiger partial charge in [-0.05, 0) is 32.1 Å². The van der Waals surface area contributed by atoms with Gasteiger partial charge in [0.1, 0.15) is 0 Å². The molecule has 4 heteroatoms. The standard InChI is InChI=1S/C13H26N2O2/c1-3-4-5-7-14-13(16)15-10-12-6-8-17-11(2)9-12/h11-12H,3-10H2,1-2H3,(H2,14,15,16)/t11-,12-/m1/s1. The van der Waals surface area contributed by atoms with Gasteiger partial charge in [0, 0.05) is 19.7 Å². The van der Waals surface area contributed by atoms with Crippen LogP contribution in [-0.2, 0) is 4.74 Å². The number of hydrogen-bond acceptors (Lipinski definition) is 2. The van der Waals surface area contributed by atoms with Gasteiger partial charge in [0.15, 0.2) is 0 Å². The van der Waals surface area contributed by atoms with Crippen molar-refractivity contribution in [2.45, 2.75) is 52.1 Å². The van der Waals surface area contributed by atoms with Crippen molar-refractivity contribution in [3.05, 3.63) is 0 Å². The number of amides is 2. The van der Waals surface area contributed by atoms with Gasteiger partial charge in [0.25, 0.3) is 0 Å². The van der Waals surface area contributed by atoms with Gasteiger partial charge in [-0.15, -0.1) is 0 Å².